The molecular formula is C13H26N2O. The zero-order chi connectivity index (χ0) is 11.6. The molecular weight excluding hydrogens is 200 g/mol. The molecule has 16 heavy (non-hydrogen) atoms. The fourth-order valence-electron chi connectivity index (χ4n) is 3.09. The normalized spacial score (nSPS) is 36.2. The van der Waals surface area contributed by atoms with Crippen LogP contribution in [0.1, 0.15) is 46.0 Å². The van der Waals surface area contributed by atoms with E-state index in [1.165, 1.54) is 19.3 Å². The van der Waals surface area contributed by atoms with Crippen molar-refractivity contribution in [1.29, 1.82) is 0 Å². The predicted molar refractivity (Wildman–Crippen MR) is 66.5 cm³/mol. The molecule has 3 nitrogen and oxygen atoms in total. The maximum atomic E-state index is 6.49. The monoisotopic (exact) mass is 226 g/mol. The average Bonchev–Trinajstić information content (AvgIpc) is 2.25. The third-order valence-corrected chi connectivity index (χ3v) is 4.36. The maximum absolute atomic E-state index is 6.49. The molecule has 2 rings (SSSR count). The Bertz CT molecular complexity index is 216. The Labute approximate surface area is 99.3 Å². The van der Waals surface area contributed by atoms with E-state index in [1.807, 2.05) is 0 Å². The fourth-order valence-corrected chi connectivity index (χ4v) is 3.09. The zero-order valence-corrected chi connectivity index (χ0v) is 10.7. The quantitative estimate of drug-likeness (QED) is 0.779. The van der Waals surface area contributed by atoms with E-state index in [0.717, 1.165) is 32.6 Å². The largest absolute Gasteiger partial charge is 0.381 e. The Balaban J connectivity index is 1.95. The van der Waals surface area contributed by atoms with Crippen LogP contribution in [-0.2, 0) is 4.74 Å². The summed E-state index contributed by atoms with van der Waals surface area (Å²) in [5.74, 6) is 0. The van der Waals surface area contributed by atoms with Crippen molar-refractivity contribution in [2.75, 3.05) is 19.8 Å². The van der Waals surface area contributed by atoms with E-state index in [1.54, 1.807) is 0 Å². The Morgan fingerprint density at radius 2 is 1.75 bits per heavy atom. The van der Waals surface area contributed by atoms with Crippen LogP contribution in [0.5, 0.6) is 0 Å². The molecule has 0 aliphatic carbocycles. The van der Waals surface area contributed by atoms with E-state index >= 15 is 0 Å². The number of nitrogens with zero attached hydrogens (tertiary/aromatic N) is 1. The Morgan fingerprint density at radius 3 is 2.31 bits per heavy atom. The number of piperidine rings is 1. The van der Waals surface area contributed by atoms with Gasteiger partial charge in [-0.3, -0.25) is 4.90 Å². The van der Waals surface area contributed by atoms with Crippen LogP contribution >= 0.6 is 0 Å². The van der Waals surface area contributed by atoms with Crippen molar-refractivity contribution in [1.82, 2.24) is 4.90 Å². The summed E-state index contributed by atoms with van der Waals surface area (Å²) in [5, 5.41) is 0. The first kappa shape index (κ1) is 12.3. The summed E-state index contributed by atoms with van der Waals surface area (Å²) in [6.07, 6.45) is 6.07. The van der Waals surface area contributed by atoms with Gasteiger partial charge in [-0.15, -0.1) is 0 Å². The third-order valence-electron chi connectivity index (χ3n) is 4.36. The van der Waals surface area contributed by atoms with E-state index in [9.17, 15) is 0 Å². The van der Waals surface area contributed by atoms with Crippen LogP contribution in [0.15, 0.2) is 0 Å². The maximum Gasteiger partial charge on any atom is 0.0484 e. The van der Waals surface area contributed by atoms with Crippen molar-refractivity contribution >= 4 is 0 Å². The van der Waals surface area contributed by atoms with Gasteiger partial charge in [0.2, 0.25) is 0 Å². The molecule has 0 radical (unpaired) electrons. The van der Waals surface area contributed by atoms with Gasteiger partial charge >= 0.3 is 0 Å². The van der Waals surface area contributed by atoms with Gasteiger partial charge in [-0.25, -0.2) is 0 Å². The lowest BCUT2D eigenvalue weighted by Gasteiger charge is -2.45. The van der Waals surface area contributed by atoms with Gasteiger partial charge in [0, 0.05) is 37.4 Å². The first-order valence-corrected chi connectivity index (χ1v) is 6.73. The second-order valence-corrected chi connectivity index (χ2v) is 5.78. The summed E-state index contributed by atoms with van der Waals surface area (Å²) in [4.78, 5) is 2.62. The molecule has 2 atom stereocenters. The molecule has 0 aromatic heterocycles. The lowest BCUT2D eigenvalue weighted by molar-refractivity contribution is 0.0121. The lowest BCUT2D eigenvalue weighted by atomic mass is 9.87. The summed E-state index contributed by atoms with van der Waals surface area (Å²) >= 11 is 0. The van der Waals surface area contributed by atoms with Gasteiger partial charge in [-0.2, -0.15) is 0 Å². The summed E-state index contributed by atoms with van der Waals surface area (Å²) in [6, 6.07) is 1.40. The van der Waals surface area contributed by atoms with Gasteiger partial charge in [-0.1, -0.05) is 6.42 Å². The molecule has 2 aliphatic rings. The second-order valence-electron chi connectivity index (χ2n) is 5.78. The van der Waals surface area contributed by atoms with Crippen LogP contribution in [0.2, 0.25) is 0 Å². The minimum Gasteiger partial charge on any atom is -0.381 e. The Kier molecular flexibility index (Phi) is 3.88. The Morgan fingerprint density at radius 1 is 1.19 bits per heavy atom. The lowest BCUT2D eigenvalue weighted by Crippen LogP contribution is -2.58. The highest BCUT2D eigenvalue weighted by atomic mass is 16.5. The van der Waals surface area contributed by atoms with E-state index in [4.69, 9.17) is 10.5 Å². The average molecular weight is 226 g/mol. The fraction of sp³-hybridized carbons (Fsp3) is 1.00. The molecule has 0 unspecified atom stereocenters. The number of hydrogen-bond donors (Lipinski definition) is 1. The number of rotatable bonds is 2. The standard InChI is InChI=1S/C13H26N2O/c1-11-4-3-5-12(2)15(11)10-13(14)6-8-16-9-7-13/h11-12H,3-10,14H2,1-2H3/t11-,12+. The van der Waals surface area contributed by atoms with Crippen molar-refractivity contribution in [3.8, 4) is 0 Å². The number of hydrogen-bond acceptors (Lipinski definition) is 3. The van der Waals surface area contributed by atoms with Gasteiger partial charge in [0.25, 0.3) is 0 Å². The first-order valence-electron chi connectivity index (χ1n) is 6.73. The molecule has 2 N–H and O–H groups in total. The minimum atomic E-state index is -0.00187. The number of ether oxygens (including phenoxy) is 1. The molecule has 0 spiro atoms. The van der Waals surface area contributed by atoms with Gasteiger partial charge < -0.3 is 10.5 Å². The second kappa shape index (κ2) is 5.03. The molecule has 94 valence electrons. The Hall–Kier alpha value is -0.120. The van der Waals surface area contributed by atoms with Gasteiger partial charge in [-0.05, 0) is 39.5 Å². The smallest absolute Gasteiger partial charge is 0.0484 e. The van der Waals surface area contributed by atoms with Crippen LogP contribution in [0.25, 0.3) is 0 Å². The highest BCUT2D eigenvalue weighted by Gasteiger charge is 2.34. The van der Waals surface area contributed by atoms with Gasteiger partial charge in [0.05, 0.1) is 0 Å². The summed E-state index contributed by atoms with van der Waals surface area (Å²) < 4.78 is 5.41. The SMILES string of the molecule is C[C@@H]1CCC[C@H](C)N1CC1(N)CCOCC1. The van der Waals surface area contributed by atoms with Gasteiger partial charge in [0.15, 0.2) is 0 Å². The van der Waals surface area contributed by atoms with Crippen molar-refractivity contribution in [2.24, 2.45) is 5.73 Å². The molecule has 0 amide bonds. The summed E-state index contributed by atoms with van der Waals surface area (Å²) in [6.45, 7) is 7.43. The molecule has 2 saturated heterocycles. The van der Waals surface area contributed by atoms with Gasteiger partial charge in [0.1, 0.15) is 0 Å². The summed E-state index contributed by atoms with van der Waals surface area (Å²) in [7, 11) is 0. The molecule has 3 heteroatoms. The van der Waals surface area contributed by atoms with Crippen molar-refractivity contribution in [2.45, 2.75) is 63.6 Å². The number of likely N-dealkylation sites (tertiary alicyclic amines) is 1. The van der Waals surface area contributed by atoms with E-state index in [0.29, 0.717) is 12.1 Å². The minimum absolute atomic E-state index is 0.00187. The third kappa shape index (κ3) is 2.76. The van der Waals surface area contributed by atoms with Crippen LogP contribution < -0.4 is 5.73 Å². The molecule has 0 aromatic carbocycles. The van der Waals surface area contributed by atoms with E-state index < -0.39 is 0 Å². The zero-order valence-electron chi connectivity index (χ0n) is 10.7. The van der Waals surface area contributed by atoms with E-state index in [2.05, 4.69) is 18.7 Å². The molecule has 2 heterocycles. The van der Waals surface area contributed by atoms with Crippen molar-refractivity contribution in [3.63, 3.8) is 0 Å². The van der Waals surface area contributed by atoms with E-state index in [-0.39, 0.29) is 5.54 Å². The van der Waals surface area contributed by atoms with Crippen molar-refractivity contribution in [3.05, 3.63) is 0 Å². The van der Waals surface area contributed by atoms with Crippen LogP contribution in [-0.4, -0.2) is 42.3 Å². The van der Waals surface area contributed by atoms with Crippen LogP contribution in [0.4, 0.5) is 0 Å². The first-order chi connectivity index (χ1) is 7.61. The molecule has 2 fully saturated rings. The van der Waals surface area contributed by atoms with Crippen molar-refractivity contribution < 1.29 is 4.74 Å². The topological polar surface area (TPSA) is 38.5 Å². The predicted octanol–water partition coefficient (Wildman–Crippen LogP) is 1.76. The molecule has 0 bridgehead atoms. The molecule has 0 aromatic rings. The highest BCUT2D eigenvalue weighted by Crippen LogP contribution is 2.27. The van der Waals surface area contributed by atoms with Crippen LogP contribution in [0, 0.1) is 0 Å². The highest BCUT2D eigenvalue weighted by molar-refractivity contribution is 4.93. The summed E-state index contributed by atoms with van der Waals surface area (Å²) in [5.41, 5.74) is 6.49. The molecule has 2 aliphatic heterocycles. The van der Waals surface area contributed by atoms with Crippen LogP contribution in [0.3, 0.4) is 0 Å². The molecule has 0 saturated carbocycles. The number of nitrogens with two attached hydrogens (primary N) is 1.